The van der Waals surface area contributed by atoms with Crippen LogP contribution in [-0.4, -0.2) is 15.9 Å². The number of benzene rings is 2. The van der Waals surface area contributed by atoms with E-state index in [1.165, 1.54) is 29.5 Å². The van der Waals surface area contributed by atoms with Gasteiger partial charge in [-0.15, -0.1) is 0 Å². The van der Waals surface area contributed by atoms with Crippen LogP contribution in [-0.2, 0) is 0 Å². The Hall–Kier alpha value is -3.12. The van der Waals surface area contributed by atoms with Crippen LogP contribution < -0.4 is 5.32 Å². The first-order chi connectivity index (χ1) is 12.2. The van der Waals surface area contributed by atoms with Gasteiger partial charge in [0.05, 0.1) is 0 Å². The fraction of sp³-hybridized carbons (Fsp3) is 0. The molecule has 4 rings (SSSR count). The third-order valence-corrected chi connectivity index (χ3v) is 4.67. The molecular weight excluding hydrogens is 337 g/mol. The third-order valence-electron chi connectivity index (χ3n) is 3.64. The first-order valence-corrected chi connectivity index (χ1v) is 8.39. The third kappa shape index (κ3) is 3.25. The Morgan fingerprint density at radius 1 is 1.04 bits per heavy atom. The van der Waals surface area contributed by atoms with E-state index in [4.69, 9.17) is 0 Å². The van der Waals surface area contributed by atoms with Crippen molar-refractivity contribution in [3.05, 3.63) is 78.2 Å². The van der Waals surface area contributed by atoms with Crippen LogP contribution in [0.1, 0.15) is 10.4 Å². The smallest absolute Gasteiger partial charge is 0.255 e. The molecule has 0 aliphatic carbocycles. The van der Waals surface area contributed by atoms with Crippen molar-refractivity contribution in [3.63, 3.8) is 0 Å². The van der Waals surface area contributed by atoms with Crippen LogP contribution in [0, 0.1) is 5.82 Å². The summed E-state index contributed by atoms with van der Waals surface area (Å²) in [6, 6.07) is 16.7. The van der Waals surface area contributed by atoms with Crippen LogP contribution in [0.5, 0.6) is 0 Å². The largest absolute Gasteiger partial charge is 0.322 e. The summed E-state index contributed by atoms with van der Waals surface area (Å²) in [5.41, 5.74) is 2.73. The Morgan fingerprint density at radius 2 is 1.88 bits per heavy atom. The average Bonchev–Trinajstić information content (AvgIpc) is 3.06. The molecule has 0 fully saturated rings. The number of aromatic nitrogens is 2. The number of nitrogens with one attached hydrogen (secondary N) is 1. The van der Waals surface area contributed by atoms with Gasteiger partial charge in [0.2, 0.25) is 0 Å². The molecule has 2 aromatic heterocycles. The lowest BCUT2D eigenvalue weighted by atomic mass is 10.2. The summed E-state index contributed by atoms with van der Waals surface area (Å²) in [6.07, 6.45) is 1.75. The summed E-state index contributed by atoms with van der Waals surface area (Å²) in [6.45, 7) is 0. The number of hydrogen-bond acceptors (Lipinski definition) is 4. The molecule has 1 N–H and O–H groups in total. The van der Waals surface area contributed by atoms with Gasteiger partial charge < -0.3 is 5.32 Å². The second-order valence-electron chi connectivity index (χ2n) is 5.39. The molecule has 0 bridgehead atoms. The minimum atomic E-state index is -0.438. The predicted molar refractivity (Wildman–Crippen MR) is 97.2 cm³/mol. The highest BCUT2D eigenvalue weighted by atomic mass is 32.1. The van der Waals surface area contributed by atoms with Crippen molar-refractivity contribution < 1.29 is 9.18 Å². The highest BCUT2D eigenvalue weighted by Crippen LogP contribution is 2.29. The molecule has 0 saturated carbocycles. The first-order valence-electron chi connectivity index (χ1n) is 7.58. The van der Waals surface area contributed by atoms with Gasteiger partial charge >= 0.3 is 0 Å². The van der Waals surface area contributed by atoms with Gasteiger partial charge in [0, 0.05) is 23.0 Å². The zero-order chi connectivity index (χ0) is 17.2. The Morgan fingerprint density at radius 3 is 2.64 bits per heavy atom. The summed E-state index contributed by atoms with van der Waals surface area (Å²) in [4.78, 5) is 21.9. The van der Waals surface area contributed by atoms with E-state index in [1.54, 1.807) is 24.4 Å². The van der Waals surface area contributed by atoms with Gasteiger partial charge in [-0.1, -0.05) is 17.4 Å². The van der Waals surface area contributed by atoms with Crippen LogP contribution in [0.25, 0.3) is 20.9 Å². The zero-order valence-corrected chi connectivity index (χ0v) is 13.8. The highest BCUT2D eigenvalue weighted by Gasteiger charge is 2.09. The van der Waals surface area contributed by atoms with Crippen LogP contribution in [0.2, 0.25) is 0 Å². The molecule has 0 saturated heterocycles. The Balaban J connectivity index is 1.54. The lowest BCUT2D eigenvalue weighted by Gasteiger charge is -2.06. The maximum atomic E-state index is 13.2. The minimum Gasteiger partial charge on any atom is -0.322 e. The van der Waals surface area contributed by atoms with E-state index in [1.807, 2.05) is 24.3 Å². The number of fused-ring (bicyclic) bond motifs is 1. The summed E-state index contributed by atoms with van der Waals surface area (Å²) < 4.78 is 13.2. The van der Waals surface area contributed by atoms with E-state index in [9.17, 15) is 9.18 Å². The van der Waals surface area contributed by atoms with Gasteiger partial charge in [0.1, 0.15) is 21.2 Å². The second kappa shape index (κ2) is 6.41. The Bertz CT molecular complexity index is 1030. The fourth-order valence-corrected chi connectivity index (χ4v) is 3.34. The van der Waals surface area contributed by atoms with Gasteiger partial charge in [-0.25, -0.2) is 14.4 Å². The molecule has 0 aliphatic heterocycles. The molecule has 4 aromatic rings. The van der Waals surface area contributed by atoms with Crippen molar-refractivity contribution in [2.75, 3.05) is 5.32 Å². The van der Waals surface area contributed by atoms with Crippen molar-refractivity contribution >= 4 is 33.3 Å². The first kappa shape index (κ1) is 15.4. The number of carbonyl (C=O) groups excluding carboxylic acids is 1. The van der Waals surface area contributed by atoms with E-state index in [-0.39, 0.29) is 11.5 Å². The number of amides is 1. The SMILES string of the molecule is O=C(Nc1ccc(-c2nc3cccnc3s2)cc1)c1cccc(F)c1. The van der Waals surface area contributed by atoms with Crippen molar-refractivity contribution in [1.82, 2.24) is 9.97 Å². The summed E-state index contributed by atoms with van der Waals surface area (Å²) in [5, 5.41) is 3.63. The summed E-state index contributed by atoms with van der Waals surface area (Å²) >= 11 is 1.52. The van der Waals surface area contributed by atoms with Crippen LogP contribution in [0.4, 0.5) is 10.1 Å². The maximum Gasteiger partial charge on any atom is 0.255 e. The molecule has 0 spiro atoms. The molecule has 122 valence electrons. The van der Waals surface area contributed by atoms with Gasteiger partial charge in [0.25, 0.3) is 5.91 Å². The van der Waals surface area contributed by atoms with Gasteiger partial charge in [0.15, 0.2) is 0 Å². The molecule has 1 amide bonds. The summed E-state index contributed by atoms with van der Waals surface area (Å²) in [5.74, 6) is -0.788. The highest BCUT2D eigenvalue weighted by molar-refractivity contribution is 7.21. The van der Waals surface area contributed by atoms with Crippen molar-refractivity contribution in [2.24, 2.45) is 0 Å². The number of halogens is 1. The predicted octanol–water partition coefficient (Wildman–Crippen LogP) is 4.75. The zero-order valence-electron chi connectivity index (χ0n) is 12.9. The van der Waals surface area contributed by atoms with Gasteiger partial charge in [-0.2, -0.15) is 0 Å². The summed E-state index contributed by atoms with van der Waals surface area (Å²) in [7, 11) is 0. The van der Waals surface area contributed by atoms with Gasteiger partial charge in [-0.05, 0) is 54.6 Å². The molecule has 0 unspecified atom stereocenters. The molecule has 0 atom stereocenters. The Labute approximate surface area is 147 Å². The standard InChI is InChI=1S/C19H12FN3OS/c20-14-4-1-3-13(11-14)17(24)22-15-8-6-12(7-9-15)18-23-16-5-2-10-21-19(16)25-18/h1-11H,(H,22,24). The van der Waals surface area contributed by atoms with E-state index in [0.29, 0.717) is 5.69 Å². The average molecular weight is 349 g/mol. The van der Waals surface area contributed by atoms with E-state index in [0.717, 1.165) is 20.9 Å². The molecule has 2 aromatic carbocycles. The number of rotatable bonds is 3. The number of pyridine rings is 1. The molecule has 4 nitrogen and oxygen atoms in total. The maximum absolute atomic E-state index is 13.2. The Kier molecular flexibility index (Phi) is 3.95. The van der Waals surface area contributed by atoms with Crippen LogP contribution in [0.15, 0.2) is 66.9 Å². The number of hydrogen-bond donors (Lipinski definition) is 1. The molecule has 6 heteroatoms. The lowest BCUT2D eigenvalue weighted by molar-refractivity contribution is 0.102. The van der Waals surface area contributed by atoms with Crippen molar-refractivity contribution in [2.45, 2.75) is 0 Å². The molecule has 25 heavy (non-hydrogen) atoms. The van der Waals surface area contributed by atoms with E-state index < -0.39 is 5.82 Å². The number of carbonyl (C=O) groups is 1. The molecule has 0 aliphatic rings. The normalized spacial score (nSPS) is 10.8. The number of anilines is 1. The quantitative estimate of drug-likeness (QED) is 0.581. The molecule has 0 radical (unpaired) electrons. The van der Waals surface area contributed by atoms with E-state index >= 15 is 0 Å². The van der Waals surface area contributed by atoms with Crippen LogP contribution >= 0.6 is 11.3 Å². The van der Waals surface area contributed by atoms with Crippen LogP contribution in [0.3, 0.4) is 0 Å². The van der Waals surface area contributed by atoms with Crippen molar-refractivity contribution in [1.29, 1.82) is 0 Å². The minimum absolute atomic E-state index is 0.279. The second-order valence-corrected chi connectivity index (χ2v) is 6.37. The molecular formula is C19H12FN3OS. The molecule has 2 heterocycles. The monoisotopic (exact) mass is 349 g/mol. The fourth-order valence-electron chi connectivity index (χ4n) is 2.42. The van der Waals surface area contributed by atoms with Gasteiger partial charge in [-0.3, -0.25) is 4.79 Å². The number of thiazole rings is 1. The number of nitrogens with zero attached hydrogens (tertiary/aromatic N) is 2. The van der Waals surface area contributed by atoms with E-state index in [2.05, 4.69) is 15.3 Å². The topological polar surface area (TPSA) is 54.9 Å². The lowest BCUT2D eigenvalue weighted by Crippen LogP contribution is -2.11. The van der Waals surface area contributed by atoms with Crippen molar-refractivity contribution in [3.8, 4) is 10.6 Å².